The maximum Gasteiger partial charge on any atom is 0.270 e. The molecule has 0 bridgehead atoms. The molecule has 0 aliphatic carbocycles. The second-order valence-corrected chi connectivity index (χ2v) is 6.06. The summed E-state index contributed by atoms with van der Waals surface area (Å²) < 4.78 is 1.35. The molecular weight excluding hydrogens is 282 g/mol. The Kier molecular flexibility index (Phi) is 4.32. The molecule has 1 atom stereocenters. The smallest absolute Gasteiger partial charge is 0.270 e. The van der Waals surface area contributed by atoms with Gasteiger partial charge in [-0.15, -0.1) is 0 Å². The van der Waals surface area contributed by atoms with Gasteiger partial charge in [-0.05, 0) is 31.4 Å². The van der Waals surface area contributed by atoms with Crippen molar-refractivity contribution in [1.29, 1.82) is 0 Å². The Labute approximate surface area is 128 Å². The molecule has 0 aromatic carbocycles. The average molecular weight is 303 g/mol. The summed E-state index contributed by atoms with van der Waals surface area (Å²) in [5, 5.41) is 12.7. The molecule has 2 rings (SSSR count). The van der Waals surface area contributed by atoms with Gasteiger partial charge in [0.1, 0.15) is 11.2 Å². The average Bonchev–Trinajstić information content (AvgIpc) is 2.46. The molecule has 0 spiro atoms. The zero-order valence-corrected chi connectivity index (χ0v) is 13.3. The van der Waals surface area contributed by atoms with Crippen molar-refractivity contribution < 1.29 is 9.90 Å². The van der Waals surface area contributed by atoms with Crippen LogP contribution in [0.4, 0.5) is 0 Å². The molecule has 0 saturated carbocycles. The second-order valence-electron chi connectivity index (χ2n) is 6.06. The third-order valence-electron chi connectivity index (χ3n) is 4.02. The van der Waals surface area contributed by atoms with Crippen molar-refractivity contribution in [3.63, 3.8) is 0 Å². The minimum Gasteiger partial charge on any atom is -0.388 e. The molecular formula is C16H21N3O3. The zero-order valence-electron chi connectivity index (χ0n) is 13.3. The number of aryl methyl sites for hydroxylation is 1. The number of carbonyl (C=O) groups excluding carboxylic acids is 1. The highest BCUT2D eigenvalue weighted by atomic mass is 16.3. The number of rotatable bonds is 4. The minimum atomic E-state index is -1.04. The number of hydrogen-bond donors (Lipinski definition) is 2. The molecule has 1 unspecified atom stereocenters. The van der Waals surface area contributed by atoms with E-state index in [-0.39, 0.29) is 18.0 Å². The van der Waals surface area contributed by atoms with Crippen molar-refractivity contribution in [1.82, 2.24) is 14.7 Å². The summed E-state index contributed by atoms with van der Waals surface area (Å²) in [7, 11) is 0. The summed E-state index contributed by atoms with van der Waals surface area (Å²) in [6.07, 6.45) is 2.86. The van der Waals surface area contributed by atoms with E-state index in [1.807, 2.05) is 26.8 Å². The predicted molar refractivity (Wildman–Crippen MR) is 84.0 cm³/mol. The molecule has 0 aliphatic heterocycles. The van der Waals surface area contributed by atoms with Crippen molar-refractivity contribution >= 4 is 11.6 Å². The number of aliphatic hydroxyl groups is 1. The summed E-state index contributed by atoms with van der Waals surface area (Å²) in [5.74, 6) is -0.555. The fraction of sp³-hybridized carbons (Fsp3) is 0.438. The number of fused-ring (bicyclic) bond motifs is 1. The molecule has 22 heavy (non-hydrogen) atoms. The van der Waals surface area contributed by atoms with Gasteiger partial charge in [0.15, 0.2) is 0 Å². The van der Waals surface area contributed by atoms with Crippen LogP contribution in [0.2, 0.25) is 0 Å². The standard InChI is InChI=1S/C16H21N3O3/c1-10(2)16(4,22)9-18-14(20)12-8-17-13-11(3)6-5-7-19(13)15(12)21/h5-8,10,22H,9H2,1-4H3,(H,18,20). The number of nitrogens with zero attached hydrogens (tertiary/aromatic N) is 2. The van der Waals surface area contributed by atoms with Crippen LogP contribution in [0.15, 0.2) is 29.3 Å². The van der Waals surface area contributed by atoms with Crippen LogP contribution >= 0.6 is 0 Å². The van der Waals surface area contributed by atoms with Gasteiger partial charge in [-0.3, -0.25) is 14.0 Å². The van der Waals surface area contributed by atoms with Gasteiger partial charge in [0.25, 0.3) is 11.5 Å². The molecule has 2 aromatic rings. The molecule has 1 amide bonds. The monoisotopic (exact) mass is 303 g/mol. The molecule has 118 valence electrons. The summed E-state index contributed by atoms with van der Waals surface area (Å²) in [4.78, 5) is 28.7. The molecule has 2 heterocycles. The fourth-order valence-corrected chi connectivity index (χ4v) is 1.96. The first-order chi connectivity index (χ1) is 10.2. The van der Waals surface area contributed by atoms with Crippen molar-refractivity contribution in [3.05, 3.63) is 46.0 Å². The normalized spacial score (nSPS) is 14.1. The van der Waals surface area contributed by atoms with Crippen molar-refractivity contribution in [2.75, 3.05) is 6.54 Å². The molecule has 0 radical (unpaired) electrons. The van der Waals surface area contributed by atoms with Gasteiger partial charge in [0.2, 0.25) is 0 Å². The number of carbonyl (C=O) groups is 1. The van der Waals surface area contributed by atoms with E-state index in [2.05, 4.69) is 10.3 Å². The Balaban J connectivity index is 2.30. The van der Waals surface area contributed by atoms with Gasteiger partial charge < -0.3 is 10.4 Å². The Morgan fingerprint density at radius 1 is 1.50 bits per heavy atom. The van der Waals surface area contributed by atoms with Crippen LogP contribution in [0.5, 0.6) is 0 Å². The lowest BCUT2D eigenvalue weighted by molar-refractivity contribution is 0.0142. The third-order valence-corrected chi connectivity index (χ3v) is 4.02. The van der Waals surface area contributed by atoms with Gasteiger partial charge in [-0.2, -0.15) is 0 Å². The molecule has 0 aliphatic rings. The first kappa shape index (κ1) is 16.2. The van der Waals surface area contributed by atoms with E-state index in [0.717, 1.165) is 5.56 Å². The number of hydrogen-bond acceptors (Lipinski definition) is 4. The number of nitrogens with one attached hydrogen (secondary N) is 1. The van der Waals surface area contributed by atoms with E-state index in [1.54, 1.807) is 19.2 Å². The fourth-order valence-electron chi connectivity index (χ4n) is 1.96. The van der Waals surface area contributed by atoms with Gasteiger partial charge >= 0.3 is 0 Å². The summed E-state index contributed by atoms with van der Waals surface area (Å²) in [6.45, 7) is 7.29. The first-order valence-corrected chi connectivity index (χ1v) is 7.21. The second kappa shape index (κ2) is 5.88. The van der Waals surface area contributed by atoms with Crippen LogP contribution in [-0.2, 0) is 0 Å². The SMILES string of the molecule is Cc1cccn2c(=O)c(C(=O)NCC(C)(O)C(C)C)cnc12. The maximum absolute atomic E-state index is 12.4. The lowest BCUT2D eigenvalue weighted by Crippen LogP contribution is -2.45. The molecule has 6 heteroatoms. The Morgan fingerprint density at radius 2 is 2.18 bits per heavy atom. The topological polar surface area (TPSA) is 83.7 Å². The molecule has 0 fully saturated rings. The van der Waals surface area contributed by atoms with Gasteiger partial charge in [0, 0.05) is 18.9 Å². The van der Waals surface area contributed by atoms with Gasteiger partial charge in [-0.25, -0.2) is 4.98 Å². The lowest BCUT2D eigenvalue weighted by atomic mass is 9.92. The zero-order chi connectivity index (χ0) is 16.5. The highest BCUT2D eigenvalue weighted by Gasteiger charge is 2.26. The largest absolute Gasteiger partial charge is 0.388 e. The quantitative estimate of drug-likeness (QED) is 0.887. The first-order valence-electron chi connectivity index (χ1n) is 7.21. The third kappa shape index (κ3) is 3.01. The highest BCUT2D eigenvalue weighted by Crippen LogP contribution is 2.14. The van der Waals surface area contributed by atoms with Gasteiger partial charge in [-0.1, -0.05) is 19.9 Å². The van der Waals surface area contributed by atoms with E-state index >= 15 is 0 Å². The molecule has 2 N–H and O–H groups in total. The van der Waals surface area contributed by atoms with Crippen LogP contribution in [-0.4, -0.2) is 32.5 Å². The van der Waals surface area contributed by atoms with Crippen LogP contribution in [0, 0.1) is 12.8 Å². The Bertz CT molecular complexity index is 763. The van der Waals surface area contributed by atoms with E-state index in [4.69, 9.17) is 0 Å². The summed E-state index contributed by atoms with van der Waals surface area (Å²) in [5.41, 5.74) is -0.113. The van der Waals surface area contributed by atoms with Crippen molar-refractivity contribution in [2.45, 2.75) is 33.3 Å². The van der Waals surface area contributed by atoms with E-state index < -0.39 is 17.1 Å². The molecule has 6 nitrogen and oxygen atoms in total. The summed E-state index contributed by atoms with van der Waals surface area (Å²) >= 11 is 0. The van der Waals surface area contributed by atoms with E-state index in [0.29, 0.717) is 5.65 Å². The molecule has 2 aromatic heterocycles. The van der Waals surface area contributed by atoms with Crippen molar-refractivity contribution in [3.8, 4) is 0 Å². The van der Waals surface area contributed by atoms with Crippen molar-refractivity contribution in [2.24, 2.45) is 5.92 Å². The van der Waals surface area contributed by atoms with E-state index in [9.17, 15) is 14.7 Å². The van der Waals surface area contributed by atoms with Crippen LogP contribution < -0.4 is 10.9 Å². The number of aromatic nitrogens is 2. The lowest BCUT2D eigenvalue weighted by Gasteiger charge is -2.27. The Morgan fingerprint density at radius 3 is 2.82 bits per heavy atom. The highest BCUT2D eigenvalue weighted by molar-refractivity contribution is 5.93. The Hall–Kier alpha value is -2.21. The predicted octanol–water partition coefficient (Wildman–Crippen LogP) is 1.14. The number of amides is 1. The maximum atomic E-state index is 12.4. The van der Waals surface area contributed by atoms with E-state index in [1.165, 1.54) is 10.6 Å². The van der Waals surface area contributed by atoms with Crippen LogP contribution in [0.3, 0.4) is 0 Å². The molecule has 0 saturated heterocycles. The summed E-state index contributed by atoms with van der Waals surface area (Å²) in [6, 6.07) is 3.58. The van der Waals surface area contributed by atoms with Crippen LogP contribution in [0.1, 0.15) is 36.7 Å². The minimum absolute atomic E-state index is 0.0220. The van der Waals surface area contributed by atoms with Gasteiger partial charge in [0.05, 0.1) is 5.60 Å². The number of pyridine rings is 1. The van der Waals surface area contributed by atoms with Crippen LogP contribution in [0.25, 0.3) is 5.65 Å².